The van der Waals surface area contributed by atoms with Crippen LogP contribution < -0.4 is 5.43 Å². The molecular weight excluding hydrogens is 397 g/mol. The second kappa shape index (κ2) is 8.26. The molecule has 0 saturated carbocycles. The van der Waals surface area contributed by atoms with Crippen molar-refractivity contribution >= 4 is 23.7 Å². The van der Waals surface area contributed by atoms with Gasteiger partial charge < -0.3 is 0 Å². The zero-order chi connectivity index (χ0) is 20.1. The van der Waals surface area contributed by atoms with Gasteiger partial charge >= 0.3 is 6.18 Å². The number of nitrogens with one attached hydrogen (secondary N) is 1. The fraction of sp³-hybridized carbons (Fsp3) is 0.176. The molecule has 0 unspecified atom stereocenters. The molecule has 0 aliphatic heterocycles. The number of carbonyl (C=O) groups excluding carboxylic acids is 1. The van der Waals surface area contributed by atoms with E-state index in [2.05, 4.69) is 20.7 Å². The zero-order valence-electron chi connectivity index (χ0n) is 14.3. The lowest BCUT2D eigenvalue weighted by atomic mass is 10.1. The van der Waals surface area contributed by atoms with Crippen LogP contribution in [-0.4, -0.2) is 37.9 Å². The van der Waals surface area contributed by atoms with Crippen LogP contribution in [0.25, 0.3) is 0 Å². The van der Waals surface area contributed by atoms with E-state index in [-0.39, 0.29) is 5.69 Å². The van der Waals surface area contributed by atoms with E-state index in [4.69, 9.17) is 11.6 Å². The van der Waals surface area contributed by atoms with Crippen LogP contribution in [0.2, 0.25) is 5.02 Å². The van der Waals surface area contributed by atoms with Gasteiger partial charge in [0.05, 0.1) is 24.0 Å². The van der Waals surface area contributed by atoms with Crippen molar-refractivity contribution < 1.29 is 18.0 Å². The van der Waals surface area contributed by atoms with Crippen molar-refractivity contribution in [2.45, 2.75) is 19.3 Å². The fourth-order valence-electron chi connectivity index (χ4n) is 2.31. The first-order valence-corrected chi connectivity index (χ1v) is 8.37. The van der Waals surface area contributed by atoms with E-state index in [9.17, 15) is 18.0 Å². The van der Waals surface area contributed by atoms with E-state index in [1.54, 1.807) is 35.1 Å². The molecule has 146 valence electrons. The summed E-state index contributed by atoms with van der Waals surface area (Å²) < 4.78 is 39.3. The molecule has 0 radical (unpaired) electrons. The molecule has 11 heteroatoms. The summed E-state index contributed by atoms with van der Waals surface area (Å²) in [6, 6.07) is 8.16. The molecular formula is C17H14ClF3N6O. The van der Waals surface area contributed by atoms with Crippen molar-refractivity contribution in [2.24, 2.45) is 5.10 Å². The molecule has 3 aromatic rings. The van der Waals surface area contributed by atoms with E-state index in [1.165, 1.54) is 24.7 Å². The second-order valence-corrected chi connectivity index (χ2v) is 6.24. The van der Waals surface area contributed by atoms with Crippen LogP contribution >= 0.6 is 11.6 Å². The maximum absolute atomic E-state index is 12.3. The number of hydrogen-bond acceptors (Lipinski definition) is 4. The summed E-state index contributed by atoms with van der Waals surface area (Å²) in [6.07, 6.45) is 1.22. The van der Waals surface area contributed by atoms with E-state index in [1.807, 2.05) is 0 Å². The normalized spacial score (nSPS) is 11.9. The van der Waals surface area contributed by atoms with Gasteiger partial charge in [0.1, 0.15) is 12.2 Å². The summed E-state index contributed by atoms with van der Waals surface area (Å²) in [5, 5.41) is 12.0. The Morgan fingerprint density at radius 2 is 1.96 bits per heavy atom. The van der Waals surface area contributed by atoms with E-state index < -0.39 is 18.6 Å². The minimum Gasteiger partial charge on any atom is -0.267 e. The van der Waals surface area contributed by atoms with E-state index >= 15 is 0 Å². The Morgan fingerprint density at radius 3 is 2.61 bits per heavy atom. The van der Waals surface area contributed by atoms with Crippen LogP contribution in [0.1, 0.15) is 21.6 Å². The molecule has 1 N–H and O–H groups in total. The lowest BCUT2D eigenvalue weighted by Crippen LogP contribution is -2.18. The molecule has 1 aromatic carbocycles. The highest BCUT2D eigenvalue weighted by atomic mass is 35.5. The van der Waals surface area contributed by atoms with Gasteiger partial charge in [-0.25, -0.2) is 5.43 Å². The van der Waals surface area contributed by atoms with Crippen molar-refractivity contribution in [3.8, 4) is 0 Å². The topological polar surface area (TPSA) is 77.1 Å². The molecule has 0 bridgehead atoms. The number of aromatic nitrogens is 4. The standard InChI is InChI=1S/C17H14ClF3N6O/c18-14-7-23-27(10-14)9-12-1-3-13(4-2-12)16(28)24-22-8-15-5-6-26(25-15)11-17(19,20)21/h1-8,10H,9,11H2,(H,24,28)/b22-8+. The van der Waals surface area contributed by atoms with Crippen molar-refractivity contribution in [1.82, 2.24) is 25.0 Å². The summed E-state index contributed by atoms with van der Waals surface area (Å²) in [5.74, 6) is -0.459. The van der Waals surface area contributed by atoms with E-state index in [0.717, 1.165) is 10.2 Å². The zero-order valence-corrected chi connectivity index (χ0v) is 15.0. The highest BCUT2D eigenvalue weighted by Gasteiger charge is 2.28. The molecule has 0 fully saturated rings. The Morgan fingerprint density at radius 1 is 1.21 bits per heavy atom. The molecule has 3 rings (SSSR count). The SMILES string of the molecule is O=C(N/N=C/c1ccn(CC(F)(F)F)n1)c1ccc(Cn2cc(Cl)cn2)cc1. The van der Waals surface area contributed by atoms with Gasteiger partial charge in [0, 0.05) is 18.0 Å². The molecule has 0 aliphatic rings. The van der Waals surface area contributed by atoms with Crippen molar-refractivity contribution in [3.05, 3.63) is 70.8 Å². The lowest BCUT2D eigenvalue weighted by Gasteiger charge is -2.05. The third-order valence-electron chi connectivity index (χ3n) is 3.53. The Labute approximate surface area is 162 Å². The summed E-state index contributed by atoms with van der Waals surface area (Å²) in [6.45, 7) is -0.683. The molecule has 0 aliphatic carbocycles. The molecule has 2 aromatic heterocycles. The lowest BCUT2D eigenvalue weighted by molar-refractivity contribution is -0.142. The minimum absolute atomic E-state index is 0.192. The molecule has 0 spiro atoms. The number of nitrogens with zero attached hydrogens (tertiary/aromatic N) is 5. The number of carbonyl (C=O) groups is 1. The number of amides is 1. The predicted molar refractivity (Wildman–Crippen MR) is 96.1 cm³/mol. The molecule has 1 amide bonds. The maximum atomic E-state index is 12.3. The van der Waals surface area contributed by atoms with Crippen LogP contribution in [0.3, 0.4) is 0 Å². The van der Waals surface area contributed by atoms with Crippen LogP contribution in [0.4, 0.5) is 13.2 Å². The smallest absolute Gasteiger partial charge is 0.267 e. The fourth-order valence-corrected chi connectivity index (χ4v) is 2.47. The quantitative estimate of drug-likeness (QED) is 0.501. The molecule has 28 heavy (non-hydrogen) atoms. The van der Waals surface area contributed by atoms with E-state index in [0.29, 0.717) is 17.1 Å². The van der Waals surface area contributed by atoms with Crippen LogP contribution in [0.15, 0.2) is 54.0 Å². The highest BCUT2D eigenvalue weighted by molar-refractivity contribution is 6.30. The number of rotatable bonds is 6. The number of hydrazone groups is 1. The molecule has 0 atom stereocenters. The van der Waals surface area contributed by atoms with Gasteiger partial charge in [-0.3, -0.25) is 14.2 Å². The number of alkyl halides is 3. The Bertz CT molecular complexity index is 977. The Kier molecular flexibility index (Phi) is 5.78. The summed E-state index contributed by atoms with van der Waals surface area (Å²) in [5.41, 5.74) is 3.80. The second-order valence-electron chi connectivity index (χ2n) is 5.81. The summed E-state index contributed by atoms with van der Waals surface area (Å²) in [4.78, 5) is 12.1. The molecule has 2 heterocycles. The number of hydrogen-bond donors (Lipinski definition) is 1. The number of benzene rings is 1. The largest absolute Gasteiger partial charge is 0.408 e. The van der Waals surface area contributed by atoms with Gasteiger partial charge in [-0.1, -0.05) is 23.7 Å². The summed E-state index contributed by atoms with van der Waals surface area (Å²) in [7, 11) is 0. The van der Waals surface area contributed by atoms with Crippen molar-refractivity contribution in [2.75, 3.05) is 0 Å². The monoisotopic (exact) mass is 410 g/mol. The first kappa shape index (κ1) is 19.6. The third kappa shape index (κ3) is 5.68. The van der Waals surface area contributed by atoms with Gasteiger partial charge in [0.25, 0.3) is 5.91 Å². The Hall–Kier alpha value is -3.14. The van der Waals surface area contributed by atoms with Gasteiger partial charge in [-0.15, -0.1) is 0 Å². The third-order valence-corrected chi connectivity index (χ3v) is 3.72. The summed E-state index contributed by atoms with van der Waals surface area (Å²) >= 11 is 5.81. The average Bonchev–Trinajstić information content (AvgIpc) is 3.23. The molecule has 0 saturated heterocycles. The molecule has 7 nitrogen and oxygen atoms in total. The minimum atomic E-state index is -4.36. The Balaban J connectivity index is 1.54. The van der Waals surface area contributed by atoms with Gasteiger partial charge in [0.2, 0.25) is 0 Å². The predicted octanol–water partition coefficient (Wildman–Crippen LogP) is 3.11. The first-order chi connectivity index (χ1) is 13.3. The van der Waals surface area contributed by atoms with Crippen molar-refractivity contribution in [3.63, 3.8) is 0 Å². The first-order valence-electron chi connectivity index (χ1n) is 7.99. The van der Waals surface area contributed by atoms with Gasteiger partial charge in [-0.2, -0.15) is 28.5 Å². The van der Waals surface area contributed by atoms with Crippen molar-refractivity contribution in [1.29, 1.82) is 0 Å². The average molecular weight is 411 g/mol. The maximum Gasteiger partial charge on any atom is 0.408 e. The van der Waals surface area contributed by atoms with Gasteiger partial charge in [0.15, 0.2) is 0 Å². The van der Waals surface area contributed by atoms with Gasteiger partial charge in [-0.05, 0) is 23.8 Å². The number of halogens is 4. The highest BCUT2D eigenvalue weighted by Crippen LogP contribution is 2.16. The van der Waals surface area contributed by atoms with Crippen LogP contribution in [0.5, 0.6) is 0 Å². The van der Waals surface area contributed by atoms with Crippen LogP contribution in [0, 0.1) is 0 Å². The van der Waals surface area contributed by atoms with Crippen LogP contribution in [-0.2, 0) is 13.1 Å².